The van der Waals surface area contributed by atoms with Crippen LogP contribution in [-0.4, -0.2) is 65.8 Å². The van der Waals surface area contributed by atoms with Crippen LogP contribution in [-0.2, 0) is 0 Å². The van der Waals surface area contributed by atoms with Crippen LogP contribution in [0, 0.1) is 17.1 Å². The lowest BCUT2D eigenvalue weighted by atomic mass is 9.95. The molecule has 3 saturated heterocycles. The molecule has 1 atom stereocenters. The van der Waals surface area contributed by atoms with Gasteiger partial charge in [0.2, 0.25) is 0 Å². The maximum Gasteiger partial charge on any atom is 0.319 e. The number of anilines is 2. The Hall–Kier alpha value is -3.92. The summed E-state index contributed by atoms with van der Waals surface area (Å²) in [7, 11) is 0. The van der Waals surface area contributed by atoms with E-state index in [9.17, 15) is 14.0 Å². The Morgan fingerprint density at radius 3 is 2.67 bits per heavy atom. The van der Waals surface area contributed by atoms with Crippen LogP contribution in [0.2, 0.25) is 0 Å². The zero-order chi connectivity index (χ0) is 31.7. The topological polar surface area (TPSA) is 103 Å². The van der Waals surface area contributed by atoms with Gasteiger partial charge in [-0.15, -0.1) is 11.3 Å². The van der Waals surface area contributed by atoms with E-state index in [0.29, 0.717) is 52.4 Å². The minimum Gasteiger partial charge on any atom is -0.461 e. The molecule has 1 unspecified atom stereocenters. The summed E-state index contributed by atoms with van der Waals surface area (Å²) in [6.07, 6.45) is 3.40. The van der Waals surface area contributed by atoms with Gasteiger partial charge in [0.05, 0.1) is 11.1 Å². The monoisotopic (exact) mass is 635 g/mol. The Morgan fingerprint density at radius 2 is 1.93 bits per heavy atom. The largest absolute Gasteiger partial charge is 0.461 e. The molecule has 3 N–H and O–H groups in total. The van der Waals surface area contributed by atoms with E-state index >= 15 is 4.39 Å². The van der Waals surface area contributed by atoms with Crippen molar-refractivity contribution in [3.63, 3.8) is 0 Å². The second-order valence-corrected chi connectivity index (χ2v) is 12.5. The van der Waals surface area contributed by atoms with E-state index in [2.05, 4.69) is 21.3 Å². The zero-order valence-corrected chi connectivity index (χ0v) is 26.2. The number of nitriles is 1. The highest BCUT2D eigenvalue weighted by Gasteiger charge is 2.45. The first kappa shape index (κ1) is 31.1. The van der Waals surface area contributed by atoms with Crippen LogP contribution in [0.3, 0.4) is 0 Å². The molecule has 0 amide bonds. The Labute approximate surface area is 264 Å². The van der Waals surface area contributed by atoms with Gasteiger partial charge in [0, 0.05) is 46.7 Å². The fourth-order valence-corrected chi connectivity index (χ4v) is 7.98. The van der Waals surface area contributed by atoms with Gasteiger partial charge in [-0.25, -0.2) is 4.39 Å². The van der Waals surface area contributed by atoms with Crippen molar-refractivity contribution in [1.82, 2.24) is 20.2 Å². The third-order valence-electron chi connectivity index (χ3n) is 9.02. The number of thiophene rings is 1. The minimum absolute atomic E-state index is 0.0599. The molecule has 45 heavy (non-hydrogen) atoms. The van der Waals surface area contributed by atoms with Gasteiger partial charge in [-0.05, 0) is 62.5 Å². The maximum atomic E-state index is 16.7. The average Bonchev–Trinajstić information content (AvgIpc) is 3.72. The molecule has 0 aliphatic carbocycles. The molecule has 3 fully saturated rings. The fraction of sp³-hybridized carbons (Fsp3) is 0.424. The summed E-state index contributed by atoms with van der Waals surface area (Å²) in [6, 6.07) is 10.5. The highest BCUT2D eigenvalue weighted by molar-refractivity contribution is 7.23. The van der Waals surface area contributed by atoms with Crippen molar-refractivity contribution in [2.45, 2.75) is 51.1 Å². The third kappa shape index (κ3) is 5.69. The molecule has 0 saturated carbocycles. The van der Waals surface area contributed by atoms with Crippen molar-refractivity contribution in [2.75, 3.05) is 50.0 Å². The number of piperazine rings is 1. The van der Waals surface area contributed by atoms with Crippen LogP contribution in [0.4, 0.5) is 24.0 Å². The van der Waals surface area contributed by atoms with Gasteiger partial charge in [-0.2, -0.15) is 24.0 Å². The van der Waals surface area contributed by atoms with E-state index in [1.807, 2.05) is 30.9 Å². The Kier molecular flexibility index (Phi) is 8.86. The summed E-state index contributed by atoms with van der Waals surface area (Å²) in [5, 5.41) is 14.3. The quantitative estimate of drug-likeness (QED) is 0.242. The molecular weight excluding hydrogens is 599 g/mol. The first-order valence-corrected chi connectivity index (χ1v) is 16.3. The molecule has 0 radical (unpaired) electrons. The molecule has 236 valence electrons. The van der Waals surface area contributed by atoms with Gasteiger partial charge < -0.3 is 20.7 Å². The van der Waals surface area contributed by atoms with Gasteiger partial charge in [-0.1, -0.05) is 32.0 Å². The van der Waals surface area contributed by atoms with Gasteiger partial charge in [0.15, 0.2) is 5.82 Å². The van der Waals surface area contributed by atoms with Crippen LogP contribution in [0.15, 0.2) is 42.5 Å². The van der Waals surface area contributed by atoms with Gasteiger partial charge >= 0.3 is 6.01 Å². The number of benzene rings is 2. The number of nitrogens with one attached hydrogen (secondary N) is 1. The lowest BCUT2D eigenvalue weighted by Gasteiger charge is -2.34. The Balaban J connectivity index is 0.00000175. The number of fused-ring (bicyclic) bond motifs is 3. The molecule has 2 aromatic carbocycles. The SMILES string of the molecule is CC.N#Cc1c(N)sc2cccc(-c3ccc4c(N5CCNC(C=C(F)F)C5)nc(OCC56CCCN5CCC6)nc4c3F)c12. The predicted octanol–water partition coefficient (Wildman–Crippen LogP) is 6.70. The predicted molar refractivity (Wildman–Crippen MR) is 173 cm³/mol. The lowest BCUT2D eigenvalue weighted by molar-refractivity contribution is 0.108. The van der Waals surface area contributed by atoms with Crippen molar-refractivity contribution in [1.29, 1.82) is 5.26 Å². The number of hydrogen-bond acceptors (Lipinski definition) is 9. The van der Waals surface area contributed by atoms with Gasteiger partial charge in [0.1, 0.15) is 29.0 Å². The second-order valence-electron chi connectivity index (χ2n) is 11.5. The average molecular weight is 636 g/mol. The number of aromatic nitrogens is 2. The summed E-state index contributed by atoms with van der Waals surface area (Å²) in [6.45, 7) is 7.64. The van der Waals surface area contributed by atoms with Crippen LogP contribution in [0.25, 0.3) is 32.1 Å². The summed E-state index contributed by atoms with van der Waals surface area (Å²) in [5.41, 5.74) is 7.27. The van der Waals surface area contributed by atoms with E-state index in [1.165, 1.54) is 11.3 Å². The van der Waals surface area contributed by atoms with Crippen LogP contribution < -0.4 is 20.7 Å². The van der Waals surface area contributed by atoms with Crippen molar-refractivity contribution < 1.29 is 17.9 Å². The fourth-order valence-electron chi connectivity index (χ4n) is 7.04. The molecule has 0 spiro atoms. The van der Waals surface area contributed by atoms with Crippen LogP contribution in [0.1, 0.15) is 45.1 Å². The van der Waals surface area contributed by atoms with Crippen molar-refractivity contribution >= 4 is 43.1 Å². The molecule has 4 aromatic rings. The highest BCUT2D eigenvalue weighted by Crippen LogP contribution is 2.43. The number of hydrogen-bond donors (Lipinski definition) is 2. The third-order valence-corrected chi connectivity index (χ3v) is 10.0. The van der Waals surface area contributed by atoms with Crippen LogP contribution in [0.5, 0.6) is 6.01 Å². The number of halogens is 3. The minimum atomic E-state index is -1.76. The molecule has 7 rings (SSSR count). The van der Waals surface area contributed by atoms with Crippen LogP contribution >= 0.6 is 11.3 Å². The van der Waals surface area contributed by atoms with Crippen molar-refractivity contribution in [2.24, 2.45) is 0 Å². The standard InChI is InChI=1S/C31H30F3N7OS.C2H6/c32-24(33)14-18-16-40(13-10-37-18)29-21-7-6-20(19-4-1-5-23-25(19)22(15-35)28(36)43-23)26(34)27(21)38-30(39-29)42-17-31-8-2-11-41(31)12-3-9-31;1-2/h1,4-7,14,18,37H,2-3,8-13,16-17,36H2;1-2H3. The first-order valence-electron chi connectivity index (χ1n) is 15.5. The summed E-state index contributed by atoms with van der Waals surface area (Å²) >= 11 is 1.29. The number of nitrogens with two attached hydrogens (primary N) is 1. The second kappa shape index (κ2) is 12.8. The highest BCUT2D eigenvalue weighted by atomic mass is 32.1. The van der Waals surface area contributed by atoms with Crippen molar-refractivity contribution in [3.05, 3.63) is 53.9 Å². The molecule has 2 aromatic heterocycles. The summed E-state index contributed by atoms with van der Waals surface area (Å²) < 4.78 is 50.0. The molecule has 3 aliphatic rings. The van der Waals surface area contributed by atoms with Gasteiger partial charge in [-0.3, -0.25) is 4.90 Å². The zero-order valence-electron chi connectivity index (χ0n) is 25.4. The molecule has 0 bridgehead atoms. The van der Waals surface area contributed by atoms with Crippen molar-refractivity contribution in [3.8, 4) is 23.2 Å². The molecular formula is C33H36F3N7OS. The summed E-state index contributed by atoms with van der Waals surface area (Å²) in [4.78, 5) is 13.7. The van der Waals surface area contributed by atoms with E-state index in [1.54, 1.807) is 18.2 Å². The number of nitrogen functional groups attached to an aromatic ring is 1. The normalized spacial score (nSPS) is 19.2. The molecule has 3 aliphatic heterocycles. The maximum absolute atomic E-state index is 16.7. The Morgan fingerprint density at radius 1 is 1.16 bits per heavy atom. The number of nitrogens with zero attached hydrogens (tertiary/aromatic N) is 5. The Bertz CT molecular complexity index is 1790. The van der Waals surface area contributed by atoms with E-state index in [-0.39, 0.29) is 29.2 Å². The molecule has 8 nitrogen and oxygen atoms in total. The van der Waals surface area contributed by atoms with E-state index < -0.39 is 17.9 Å². The summed E-state index contributed by atoms with van der Waals surface area (Å²) in [5.74, 6) is -0.136. The smallest absolute Gasteiger partial charge is 0.319 e. The molecule has 5 heterocycles. The first-order chi connectivity index (χ1) is 21.9. The number of ether oxygens (including phenoxy) is 1. The molecule has 12 heteroatoms. The lowest BCUT2D eigenvalue weighted by Crippen LogP contribution is -2.50. The van der Waals surface area contributed by atoms with E-state index in [0.717, 1.165) is 49.5 Å². The number of rotatable bonds is 6. The van der Waals surface area contributed by atoms with Gasteiger partial charge in [0.25, 0.3) is 6.08 Å². The van der Waals surface area contributed by atoms with E-state index in [4.69, 9.17) is 15.5 Å².